The first kappa shape index (κ1) is 10.4. The summed E-state index contributed by atoms with van der Waals surface area (Å²) in [6.07, 6.45) is 4.73. The Morgan fingerprint density at radius 3 is 3.06 bits per heavy atom. The van der Waals surface area contributed by atoms with Gasteiger partial charge in [0.15, 0.2) is 0 Å². The number of nitrogens with zero attached hydrogens (tertiary/aromatic N) is 3. The van der Waals surface area contributed by atoms with Gasteiger partial charge < -0.3 is 5.32 Å². The van der Waals surface area contributed by atoms with Crippen LogP contribution in [0.1, 0.15) is 10.4 Å². The van der Waals surface area contributed by atoms with Gasteiger partial charge in [0.05, 0.1) is 16.6 Å². The number of fused-ring (bicyclic) bond motifs is 1. The summed E-state index contributed by atoms with van der Waals surface area (Å²) in [4.78, 5) is 24.5. The fraction of sp³-hybridized carbons (Fsp3) is 0. The molecule has 0 atom stereocenters. The van der Waals surface area contributed by atoms with Crippen molar-refractivity contribution in [3.05, 3.63) is 33.6 Å². The number of thiazole rings is 1. The van der Waals surface area contributed by atoms with E-state index in [-0.39, 0.29) is 11.1 Å². The number of nitrogens with one attached hydrogen (secondary N) is 1. The minimum Gasteiger partial charge on any atom is -0.306 e. The molecule has 3 rings (SSSR count). The number of halogens is 1. The highest BCUT2D eigenvalue weighted by molar-refractivity contribution is 7.10. The average Bonchev–Trinajstić information content (AvgIpc) is 2.89. The molecule has 0 saturated heterocycles. The highest BCUT2D eigenvalue weighted by atomic mass is 35.5. The molecule has 84 valence electrons. The predicted molar refractivity (Wildman–Crippen MR) is 65.7 cm³/mol. The highest BCUT2D eigenvalue weighted by Gasteiger charge is 2.28. The zero-order chi connectivity index (χ0) is 11.8. The van der Waals surface area contributed by atoms with Gasteiger partial charge in [-0.2, -0.15) is 0 Å². The first-order valence-electron chi connectivity index (χ1n) is 4.68. The molecule has 0 aliphatic carbocycles. The second kappa shape index (κ2) is 3.90. The first-order valence-corrected chi connectivity index (χ1v) is 5.94. The minimum atomic E-state index is -0.226. The van der Waals surface area contributed by atoms with E-state index in [1.807, 2.05) is 0 Å². The lowest BCUT2D eigenvalue weighted by Gasteiger charge is -1.97. The Balaban J connectivity index is 2.17. The normalized spacial score (nSPS) is 16.1. The van der Waals surface area contributed by atoms with Gasteiger partial charge in [0.2, 0.25) is 0 Å². The van der Waals surface area contributed by atoms with E-state index in [0.29, 0.717) is 17.0 Å². The van der Waals surface area contributed by atoms with Gasteiger partial charge in [-0.1, -0.05) is 11.6 Å². The molecule has 1 aliphatic rings. The number of hydrogen-bond donors (Lipinski definition) is 1. The van der Waals surface area contributed by atoms with E-state index in [9.17, 15) is 4.79 Å². The number of carbonyl (C=O) groups is 1. The zero-order valence-electron chi connectivity index (χ0n) is 8.35. The molecule has 2 aromatic rings. The fourth-order valence-electron chi connectivity index (χ4n) is 1.56. The molecule has 1 amide bonds. The molecule has 0 unspecified atom stereocenters. The van der Waals surface area contributed by atoms with Crippen molar-refractivity contribution in [1.29, 1.82) is 0 Å². The molecule has 17 heavy (non-hydrogen) atoms. The number of amides is 1. The Morgan fingerprint density at radius 1 is 1.41 bits per heavy atom. The SMILES string of the molecule is O=C1Nc2ncnc(Cl)c2/C1=C/c1cncs1. The molecule has 3 heterocycles. The van der Waals surface area contributed by atoms with Gasteiger partial charge in [-0.15, -0.1) is 11.3 Å². The van der Waals surface area contributed by atoms with Crippen molar-refractivity contribution in [1.82, 2.24) is 15.0 Å². The average molecular weight is 265 g/mol. The van der Waals surface area contributed by atoms with Crippen LogP contribution in [0.15, 0.2) is 18.0 Å². The van der Waals surface area contributed by atoms with Crippen LogP contribution in [0.25, 0.3) is 11.6 Å². The van der Waals surface area contributed by atoms with Crippen LogP contribution in [0, 0.1) is 0 Å². The molecule has 0 saturated carbocycles. The van der Waals surface area contributed by atoms with Crippen molar-refractivity contribution < 1.29 is 4.79 Å². The second-order valence-electron chi connectivity index (χ2n) is 3.30. The van der Waals surface area contributed by atoms with Gasteiger partial charge in [-0.3, -0.25) is 9.78 Å². The Hall–Kier alpha value is -1.79. The quantitative estimate of drug-likeness (QED) is 0.632. The summed E-state index contributed by atoms with van der Waals surface area (Å²) in [5, 5.41) is 2.91. The van der Waals surface area contributed by atoms with Gasteiger partial charge >= 0.3 is 0 Å². The molecular formula is C10H5ClN4OS. The number of hydrogen-bond acceptors (Lipinski definition) is 5. The molecule has 2 aromatic heterocycles. The molecule has 5 nitrogen and oxygen atoms in total. The third-order valence-corrected chi connectivity index (χ3v) is 3.29. The smallest absolute Gasteiger partial charge is 0.257 e. The van der Waals surface area contributed by atoms with E-state index in [1.165, 1.54) is 17.7 Å². The first-order chi connectivity index (χ1) is 8.25. The Kier molecular flexibility index (Phi) is 2.38. The van der Waals surface area contributed by atoms with E-state index in [4.69, 9.17) is 11.6 Å². The maximum atomic E-state index is 11.8. The largest absolute Gasteiger partial charge is 0.306 e. The molecule has 0 radical (unpaired) electrons. The van der Waals surface area contributed by atoms with Crippen LogP contribution in [0.3, 0.4) is 0 Å². The summed E-state index contributed by atoms with van der Waals surface area (Å²) in [6, 6.07) is 0. The van der Waals surface area contributed by atoms with Gasteiger partial charge in [0, 0.05) is 11.1 Å². The third kappa shape index (κ3) is 1.71. The summed E-state index contributed by atoms with van der Waals surface area (Å²) in [7, 11) is 0. The van der Waals surface area contributed by atoms with Crippen LogP contribution >= 0.6 is 22.9 Å². The maximum absolute atomic E-state index is 11.8. The Bertz CT molecular complexity index is 623. The lowest BCUT2D eigenvalue weighted by atomic mass is 10.1. The van der Waals surface area contributed by atoms with E-state index in [2.05, 4.69) is 20.3 Å². The Labute approximate surface area is 105 Å². The molecule has 1 aliphatic heterocycles. The number of rotatable bonds is 1. The number of aromatic nitrogens is 3. The standard InChI is InChI=1S/C10H5ClN4OS/c11-8-7-6(1-5-2-12-4-17-5)10(16)15-9(7)14-3-13-8/h1-4H,(H,13,14,15,16)/b6-1-. The topological polar surface area (TPSA) is 67.8 Å². The third-order valence-electron chi connectivity index (χ3n) is 2.28. The van der Waals surface area contributed by atoms with E-state index < -0.39 is 0 Å². The summed E-state index contributed by atoms with van der Waals surface area (Å²) in [5.74, 6) is 0.224. The molecule has 7 heteroatoms. The van der Waals surface area contributed by atoms with Gasteiger partial charge in [-0.25, -0.2) is 9.97 Å². The van der Waals surface area contributed by atoms with Crippen molar-refractivity contribution in [2.75, 3.05) is 5.32 Å². The second-order valence-corrected chi connectivity index (χ2v) is 4.58. The van der Waals surface area contributed by atoms with Crippen LogP contribution in [0.5, 0.6) is 0 Å². The summed E-state index contributed by atoms with van der Waals surface area (Å²) >= 11 is 7.41. The van der Waals surface area contributed by atoms with Crippen LogP contribution in [0.4, 0.5) is 5.82 Å². The molecule has 0 spiro atoms. The van der Waals surface area contributed by atoms with Crippen molar-refractivity contribution >= 4 is 46.3 Å². The van der Waals surface area contributed by atoms with Crippen LogP contribution in [-0.2, 0) is 4.79 Å². The highest BCUT2D eigenvalue weighted by Crippen LogP contribution is 2.35. The van der Waals surface area contributed by atoms with Crippen LogP contribution in [0.2, 0.25) is 5.15 Å². The van der Waals surface area contributed by atoms with Crippen molar-refractivity contribution in [3.63, 3.8) is 0 Å². The lowest BCUT2D eigenvalue weighted by molar-refractivity contribution is -0.110. The minimum absolute atomic E-state index is 0.226. The maximum Gasteiger partial charge on any atom is 0.257 e. The Morgan fingerprint density at radius 2 is 2.29 bits per heavy atom. The molecule has 1 N–H and O–H groups in total. The van der Waals surface area contributed by atoms with Gasteiger partial charge in [0.1, 0.15) is 17.3 Å². The van der Waals surface area contributed by atoms with E-state index in [0.717, 1.165) is 4.88 Å². The van der Waals surface area contributed by atoms with Gasteiger partial charge in [-0.05, 0) is 6.08 Å². The number of carbonyl (C=O) groups excluding carboxylic acids is 1. The summed E-state index contributed by atoms with van der Waals surface area (Å²) < 4.78 is 0. The zero-order valence-corrected chi connectivity index (χ0v) is 9.92. The van der Waals surface area contributed by atoms with E-state index in [1.54, 1.807) is 17.8 Å². The van der Waals surface area contributed by atoms with Crippen molar-refractivity contribution in [3.8, 4) is 0 Å². The molecule has 0 bridgehead atoms. The summed E-state index contributed by atoms with van der Waals surface area (Å²) in [5.41, 5.74) is 2.71. The lowest BCUT2D eigenvalue weighted by Crippen LogP contribution is -2.04. The van der Waals surface area contributed by atoms with Crippen molar-refractivity contribution in [2.24, 2.45) is 0 Å². The fourth-order valence-corrected chi connectivity index (χ4v) is 2.35. The predicted octanol–water partition coefficient (Wildman–Crippen LogP) is 2.08. The van der Waals surface area contributed by atoms with E-state index >= 15 is 0 Å². The molecule has 0 fully saturated rings. The monoisotopic (exact) mass is 264 g/mol. The van der Waals surface area contributed by atoms with Crippen molar-refractivity contribution in [2.45, 2.75) is 0 Å². The van der Waals surface area contributed by atoms with Crippen LogP contribution < -0.4 is 5.32 Å². The summed E-state index contributed by atoms with van der Waals surface area (Å²) in [6.45, 7) is 0. The van der Waals surface area contributed by atoms with Crippen LogP contribution in [-0.4, -0.2) is 20.9 Å². The number of anilines is 1. The molecule has 0 aromatic carbocycles. The van der Waals surface area contributed by atoms with Gasteiger partial charge in [0.25, 0.3) is 5.91 Å². The molecular weight excluding hydrogens is 260 g/mol.